The molecule has 6 nitrogen and oxygen atoms in total. The number of halogens is 1. The van der Waals surface area contributed by atoms with Crippen LogP contribution in [0.25, 0.3) is 0 Å². The second-order valence-electron chi connectivity index (χ2n) is 7.54. The van der Waals surface area contributed by atoms with Gasteiger partial charge >= 0.3 is 5.97 Å². The molecule has 2 fully saturated rings. The van der Waals surface area contributed by atoms with Crippen molar-refractivity contribution in [2.75, 3.05) is 13.1 Å². The van der Waals surface area contributed by atoms with Crippen LogP contribution in [0.15, 0.2) is 24.3 Å². The van der Waals surface area contributed by atoms with Crippen LogP contribution in [0.2, 0.25) is 5.02 Å². The second-order valence-corrected chi connectivity index (χ2v) is 7.95. The van der Waals surface area contributed by atoms with Crippen molar-refractivity contribution in [2.45, 2.75) is 57.2 Å². The zero-order valence-corrected chi connectivity index (χ0v) is 16.3. The van der Waals surface area contributed by atoms with Gasteiger partial charge in [-0.05, 0) is 50.2 Å². The second kappa shape index (κ2) is 8.93. The first-order valence-electron chi connectivity index (χ1n) is 9.63. The van der Waals surface area contributed by atoms with Crippen LogP contribution in [-0.2, 0) is 9.59 Å². The van der Waals surface area contributed by atoms with E-state index in [-0.39, 0.29) is 24.5 Å². The fraction of sp³-hybridized carbons (Fsp3) is 0.600. The van der Waals surface area contributed by atoms with E-state index in [9.17, 15) is 9.59 Å². The summed E-state index contributed by atoms with van der Waals surface area (Å²) >= 11 is 6.11. The number of benzene rings is 1. The summed E-state index contributed by atoms with van der Waals surface area (Å²) in [6, 6.07) is 7.42. The molecule has 3 rings (SSSR count). The van der Waals surface area contributed by atoms with Crippen LogP contribution in [0.1, 0.15) is 39.0 Å². The van der Waals surface area contributed by atoms with Crippen LogP contribution in [0.3, 0.4) is 0 Å². The molecule has 148 valence electrons. The predicted octanol–water partition coefficient (Wildman–Crippen LogP) is 2.94. The van der Waals surface area contributed by atoms with Crippen molar-refractivity contribution in [3.8, 4) is 5.75 Å². The SMILES string of the molecule is CCC(Oc1ccccc1Cl)C(=O)NC1CC(N(CC(=O)O)CC2CC2)C1. The third-order valence-corrected chi connectivity index (χ3v) is 5.59. The molecule has 1 aromatic carbocycles. The van der Waals surface area contributed by atoms with Crippen molar-refractivity contribution in [3.63, 3.8) is 0 Å². The Balaban J connectivity index is 1.48. The molecule has 0 aromatic heterocycles. The summed E-state index contributed by atoms with van der Waals surface area (Å²) in [5, 5.41) is 12.6. The Morgan fingerprint density at radius 3 is 2.63 bits per heavy atom. The monoisotopic (exact) mass is 394 g/mol. The van der Waals surface area contributed by atoms with Crippen molar-refractivity contribution < 1.29 is 19.4 Å². The molecule has 0 bridgehead atoms. The number of carbonyl (C=O) groups is 2. The number of nitrogens with one attached hydrogen (secondary N) is 1. The molecule has 1 atom stereocenters. The van der Waals surface area contributed by atoms with Gasteiger partial charge in [-0.1, -0.05) is 30.7 Å². The number of carboxylic acids is 1. The molecule has 1 aromatic rings. The smallest absolute Gasteiger partial charge is 0.317 e. The number of carbonyl (C=O) groups excluding carboxylic acids is 1. The summed E-state index contributed by atoms with van der Waals surface area (Å²) < 4.78 is 5.78. The lowest BCUT2D eigenvalue weighted by atomic mass is 9.85. The van der Waals surface area contributed by atoms with Crippen LogP contribution >= 0.6 is 11.6 Å². The van der Waals surface area contributed by atoms with E-state index in [1.54, 1.807) is 12.1 Å². The molecule has 1 unspecified atom stereocenters. The average molecular weight is 395 g/mol. The normalized spacial score (nSPS) is 22.8. The van der Waals surface area contributed by atoms with Gasteiger partial charge in [0.15, 0.2) is 6.10 Å². The first-order chi connectivity index (χ1) is 13.0. The van der Waals surface area contributed by atoms with Gasteiger partial charge in [0.2, 0.25) is 0 Å². The summed E-state index contributed by atoms with van der Waals surface area (Å²) in [6.07, 6.45) is 3.91. The van der Waals surface area contributed by atoms with Crippen molar-refractivity contribution in [1.29, 1.82) is 0 Å². The van der Waals surface area contributed by atoms with E-state index in [0.29, 0.717) is 23.1 Å². The highest BCUT2D eigenvalue weighted by Gasteiger charge is 2.38. The number of amides is 1. The van der Waals surface area contributed by atoms with E-state index in [1.807, 2.05) is 19.1 Å². The number of aliphatic carboxylic acids is 1. The topological polar surface area (TPSA) is 78.9 Å². The first kappa shape index (κ1) is 20.0. The van der Waals surface area contributed by atoms with Crippen LogP contribution in [0.5, 0.6) is 5.75 Å². The fourth-order valence-electron chi connectivity index (χ4n) is 3.46. The van der Waals surface area contributed by atoms with Crippen LogP contribution in [0, 0.1) is 5.92 Å². The third-order valence-electron chi connectivity index (χ3n) is 5.27. The zero-order chi connectivity index (χ0) is 19.4. The average Bonchev–Trinajstić information content (AvgIpc) is 3.40. The Morgan fingerprint density at radius 1 is 1.33 bits per heavy atom. The van der Waals surface area contributed by atoms with E-state index in [4.69, 9.17) is 21.4 Å². The van der Waals surface area contributed by atoms with Crippen molar-refractivity contribution in [3.05, 3.63) is 29.3 Å². The first-order valence-corrected chi connectivity index (χ1v) is 10.0. The van der Waals surface area contributed by atoms with Gasteiger partial charge < -0.3 is 15.2 Å². The Bertz CT molecular complexity index is 674. The summed E-state index contributed by atoms with van der Waals surface area (Å²) in [4.78, 5) is 25.7. The lowest BCUT2D eigenvalue weighted by Crippen LogP contribution is -2.57. The van der Waals surface area contributed by atoms with Crippen LogP contribution in [-0.4, -0.2) is 53.2 Å². The lowest BCUT2D eigenvalue weighted by Gasteiger charge is -2.43. The van der Waals surface area contributed by atoms with Gasteiger partial charge in [-0.25, -0.2) is 0 Å². The largest absolute Gasteiger partial charge is 0.480 e. The molecule has 0 spiro atoms. The van der Waals surface area contributed by atoms with Gasteiger partial charge in [0.05, 0.1) is 11.6 Å². The Labute approximate surface area is 164 Å². The molecule has 2 saturated carbocycles. The standard InChI is InChI=1S/C20H27ClN2O4/c1-2-17(27-18-6-4-3-5-16(18)21)20(26)22-14-9-15(10-14)23(12-19(24)25)11-13-7-8-13/h3-6,13-15,17H,2,7-12H2,1H3,(H,22,26)(H,24,25). The van der Waals surface area contributed by atoms with Gasteiger partial charge in [-0.3, -0.25) is 14.5 Å². The molecule has 2 aliphatic carbocycles. The number of para-hydroxylation sites is 1. The molecule has 27 heavy (non-hydrogen) atoms. The van der Waals surface area contributed by atoms with Crippen molar-refractivity contribution in [2.24, 2.45) is 5.92 Å². The molecule has 0 heterocycles. The number of nitrogens with zero attached hydrogens (tertiary/aromatic N) is 1. The van der Waals surface area contributed by atoms with E-state index < -0.39 is 12.1 Å². The quantitative estimate of drug-likeness (QED) is 0.637. The summed E-state index contributed by atoms with van der Waals surface area (Å²) in [5.41, 5.74) is 0. The minimum Gasteiger partial charge on any atom is -0.480 e. The van der Waals surface area contributed by atoms with Gasteiger partial charge in [-0.15, -0.1) is 0 Å². The van der Waals surface area contributed by atoms with Crippen LogP contribution < -0.4 is 10.1 Å². The number of hydrogen-bond acceptors (Lipinski definition) is 4. The third kappa shape index (κ3) is 5.59. The van der Waals surface area contributed by atoms with Gasteiger partial charge in [0.25, 0.3) is 5.91 Å². The summed E-state index contributed by atoms with van der Waals surface area (Å²) in [5.74, 6) is 0.214. The maximum Gasteiger partial charge on any atom is 0.317 e. The summed E-state index contributed by atoms with van der Waals surface area (Å²) in [6.45, 7) is 2.83. The zero-order valence-electron chi connectivity index (χ0n) is 15.6. The lowest BCUT2D eigenvalue weighted by molar-refractivity contribution is -0.140. The molecule has 2 N–H and O–H groups in total. The van der Waals surface area contributed by atoms with Crippen LogP contribution in [0.4, 0.5) is 0 Å². The van der Waals surface area contributed by atoms with Crippen molar-refractivity contribution in [1.82, 2.24) is 10.2 Å². The molecule has 1 amide bonds. The van der Waals surface area contributed by atoms with E-state index in [2.05, 4.69) is 10.2 Å². The molecule has 2 aliphatic rings. The molecule has 0 saturated heterocycles. The highest BCUT2D eigenvalue weighted by Crippen LogP contribution is 2.34. The molecular formula is C20H27ClN2O4. The summed E-state index contributed by atoms with van der Waals surface area (Å²) in [7, 11) is 0. The molecule has 7 heteroatoms. The van der Waals surface area contributed by atoms with Gasteiger partial charge in [0, 0.05) is 18.6 Å². The number of ether oxygens (including phenoxy) is 1. The maximum atomic E-state index is 12.5. The van der Waals surface area contributed by atoms with E-state index >= 15 is 0 Å². The maximum absolute atomic E-state index is 12.5. The number of hydrogen-bond donors (Lipinski definition) is 2. The van der Waals surface area contributed by atoms with E-state index in [1.165, 1.54) is 12.8 Å². The minimum absolute atomic E-state index is 0.0712. The number of rotatable bonds is 10. The highest BCUT2D eigenvalue weighted by molar-refractivity contribution is 6.32. The number of carboxylic acid groups (broad SMARTS) is 1. The Morgan fingerprint density at radius 2 is 2.04 bits per heavy atom. The Kier molecular flexibility index (Phi) is 6.60. The minimum atomic E-state index is -0.790. The van der Waals surface area contributed by atoms with Crippen molar-refractivity contribution >= 4 is 23.5 Å². The Hall–Kier alpha value is -1.79. The molecular weight excluding hydrogens is 368 g/mol. The highest BCUT2D eigenvalue weighted by atomic mass is 35.5. The predicted molar refractivity (Wildman–Crippen MR) is 103 cm³/mol. The molecule has 0 aliphatic heterocycles. The fourth-order valence-corrected chi connectivity index (χ4v) is 3.64. The van der Waals surface area contributed by atoms with Gasteiger partial charge in [0.1, 0.15) is 5.75 Å². The van der Waals surface area contributed by atoms with E-state index in [0.717, 1.165) is 19.4 Å². The van der Waals surface area contributed by atoms with Gasteiger partial charge in [-0.2, -0.15) is 0 Å². The molecule has 0 radical (unpaired) electrons.